The second-order valence-electron chi connectivity index (χ2n) is 10.7. The van der Waals surface area contributed by atoms with Crippen LogP contribution in [0.25, 0.3) is 11.3 Å². The van der Waals surface area contributed by atoms with E-state index in [4.69, 9.17) is 0 Å². The number of likely N-dealkylation sites (tertiary alicyclic amines) is 1. The van der Waals surface area contributed by atoms with Crippen molar-refractivity contribution in [3.05, 3.63) is 24.2 Å². The standard InChI is InChI=1S/C25H38N8O3S/c1-25(2,34)19-32-18-21(17-28-32)23-20(15-26)16-27-24(30-23)29-22-7-12-33(13-8-22)37(35,36)14-6-5-11-31-9-3-4-10-31/h16-18,22,34H,3-14,19H2,1-2H3,(H,27,29,30). The Hall–Kier alpha value is -2.59. The lowest BCUT2D eigenvalue weighted by atomic mass is 10.1. The summed E-state index contributed by atoms with van der Waals surface area (Å²) in [4.78, 5) is 11.3. The summed E-state index contributed by atoms with van der Waals surface area (Å²) >= 11 is 0. The van der Waals surface area contributed by atoms with Gasteiger partial charge < -0.3 is 15.3 Å². The lowest BCUT2D eigenvalue weighted by molar-refractivity contribution is 0.0577. The van der Waals surface area contributed by atoms with E-state index in [-0.39, 0.29) is 11.8 Å². The molecule has 0 saturated carbocycles. The minimum Gasteiger partial charge on any atom is -0.389 e. The number of sulfonamides is 1. The fourth-order valence-electron chi connectivity index (χ4n) is 4.94. The van der Waals surface area contributed by atoms with Gasteiger partial charge in [-0.1, -0.05) is 0 Å². The van der Waals surface area contributed by atoms with Crippen LogP contribution in [0.4, 0.5) is 5.95 Å². The van der Waals surface area contributed by atoms with E-state index >= 15 is 0 Å². The van der Waals surface area contributed by atoms with Crippen molar-refractivity contribution in [1.29, 1.82) is 5.26 Å². The van der Waals surface area contributed by atoms with Gasteiger partial charge in [0.05, 0.1) is 41.5 Å². The molecule has 0 unspecified atom stereocenters. The highest BCUT2D eigenvalue weighted by Gasteiger charge is 2.28. The van der Waals surface area contributed by atoms with Crippen molar-refractivity contribution in [3.63, 3.8) is 0 Å². The SMILES string of the molecule is CC(C)(O)Cn1cc(-c2nc(NC3CCN(S(=O)(=O)CCCCN4CCCC4)CC3)ncc2C#N)cn1. The number of piperidine rings is 1. The van der Waals surface area contributed by atoms with Gasteiger partial charge in [0.15, 0.2) is 0 Å². The second-order valence-corrected chi connectivity index (χ2v) is 12.8. The minimum atomic E-state index is -3.25. The summed E-state index contributed by atoms with van der Waals surface area (Å²) in [6, 6.07) is 2.17. The number of hydrogen-bond acceptors (Lipinski definition) is 9. The largest absolute Gasteiger partial charge is 0.389 e. The molecule has 202 valence electrons. The zero-order chi connectivity index (χ0) is 26.5. The van der Waals surface area contributed by atoms with Crippen LogP contribution < -0.4 is 5.32 Å². The Morgan fingerprint density at radius 2 is 1.89 bits per heavy atom. The second kappa shape index (κ2) is 11.9. The summed E-state index contributed by atoms with van der Waals surface area (Å²) in [6.45, 7) is 7.94. The smallest absolute Gasteiger partial charge is 0.223 e. The summed E-state index contributed by atoms with van der Waals surface area (Å²) in [5, 5.41) is 27.2. The molecule has 0 bridgehead atoms. The Morgan fingerprint density at radius 3 is 2.57 bits per heavy atom. The van der Waals surface area contributed by atoms with E-state index in [1.165, 1.54) is 19.0 Å². The molecule has 2 aliphatic heterocycles. The van der Waals surface area contributed by atoms with E-state index < -0.39 is 15.6 Å². The van der Waals surface area contributed by atoms with Gasteiger partial charge in [0, 0.05) is 30.9 Å². The van der Waals surface area contributed by atoms with Gasteiger partial charge in [-0.3, -0.25) is 4.68 Å². The molecule has 0 aromatic carbocycles. The van der Waals surface area contributed by atoms with E-state index in [0.29, 0.717) is 61.7 Å². The van der Waals surface area contributed by atoms with Crippen LogP contribution in [0, 0.1) is 11.3 Å². The maximum Gasteiger partial charge on any atom is 0.223 e. The van der Waals surface area contributed by atoms with E-state index in [1.54, 1.807) is 35.2 Å². The van der Waals surface area contributed by atoms with Crippen LogP contribution in [0.3, 0.4) is 0 Å². The van der Waals surface area contributed by atoms with E-state index in [2.05, 4.69) is 31.4 Å². The lowest BCUT2D eigenvalue weighted by Gasteiger charge is -2.31. The maximum atomic E-state index is 12.8. The van der Waals surface area contributed by atoms with Crippen LogP contribution in [0.1, 0.15) is 57.9 Å². The van der Waals surface area contributed by atoms with Gasteiger partial charge in [-0.25, -0.2) is 22.7 Å². The lowest BCUT2D eigenvalue weighted by Crippen LogP contribution is -2.43. The number of anilines is 1. The summed E-state index contributed by atoms with van der Waals surface area (Å²) in [6.07, 6.45) is 10.3. The van der Waals surface area contributed by atoms with Crippen LogP contribution in [0.15, 0.2) is 18.6 Å². The van der Waals surface area contributed by atoms with Crippen molar-refractivity contribution in [2.24, 2.45) is 0 Å². The van der Waals surface area contributed by atoms with Crippen LogP contribution in [0.2, 0.25) is 0 Å². The van der Waals surface area contributed by atoms with Crippen LogP contribution in [-0.2, 0) is 16.6 Å². The van der Waals surface area contributed by atoms with Crippen LogP contribution in [-0.4, -0.2) is 92.6 Å². The van der Waals surface area contributed by atoms with E-state index in [0.717, 1.165) is 26.1 Å². The van der Waals surface area contributed by atoms with Gasteiger partial charge in [0.2, 0.25) is 16.0 Å². The monoisotopic (exact) mass is 530 g/mol. The third-order valence-electron chi connectivity index (χ3n) is 6.87. The first kappa shape index (κ1) is 27.4. The summed E-state index contributed by atoms with van der Waals surface area (Å²) < 4.78 is 28.9. The molecule has 2 aliphatic rings. The molecule has 0 atom stereocenters. The molecule has 4 heterocycles. The molecule has 12 heteroatoms. The van der Waals surface area contributed by atoms with Crippen molar-refractivity contribution in [2.45, 2.75) is 70.6 Å². The number of aromatic nitrogens is 4. The molecule has 2 aromatic rings. The molecule has 2 fully saturated rings. The van der Waals surface area contributed by atoms with Gasteiger partial charge in [-0.2, -0.15) is 10.4 Å². The fraction of sp³-hybridized carbons (Fsp3) is 0.680. The number of nitriles is 1. The molecule has 0 amide bonds. The number of rotatable bonds is 11. The molecule has 37 heavy (non-hydrogen) atoms. The fourth-order valence-corrected chi connectivity index (χ4v) is 6.53. The van der Waals surface area contributed by atoms with Crippen LogP contribution >= 0.6 is 0 Å². The summed E-state index contributed by atoms with van der Waals surface area (Å²) in [5.74, 6) is 0.606. The summed E-state index contributed by atoms with van der Waals surface area (Å²) in [5.41, 5.74) is 0.544. The average molecular weight is 531 g/mol. The Labute approximate surface area is 219 Å². The van der Waals surface area contributed by atoms with E-state index in [9.17, 15) is 18.8 Å². The molecule has 11 nitrogen and oxygen atoms in total. The Bertz CT molecular complexity index is 1190. The minimum absolute atomic E-state index is 0.0420. The predicted molar refractivity (Wildman–Crippen MR) is 141 cm³/mol. The van der Waals surface area contributed by atoms with Crippen molar-refractivity contribution in [2.75, 3.05) is 43.8 Å². The molecule has 0 aliphatic carbocycles. The molecular weight excluding hydrogens is 492 g/mol. The van der Waals surface area contributed by atoms with Gasteiger partial charge in [0.25, 0.3) is 0 Å². The molecular formula is C25H38N8O3S. The molecule has 0 radical (unpaired) electrons. The van der Waals surface area contributed by atoms with Crippen LogP contribution in [0.5, 0.6) is 0 Å². The number of aliphatic hydroxyl groups is 1. The van der Waals surface area contributed by atoms with Gasteiger partial charge in [-0.15, -0.1) is 0 Å². The van der Waals surface area contributed by atoms with Crippen molar-refractivity contribution >= 4 is 16.0 Å². The zero-order valence-corrected chi connectivity index (χ0v) is 22.6. The number of hydrogen-bond donors (Lipinski definition) is 2. The Morgan fingerprint density at radius 1 is 1.16 bits per heavy atom. The average Bonchev–Trinajstić information content (AvgIpc) is 3.53. The number of unbranched alkanes of at least 4 members (excludes halogenated alkanes) is 1. The predicted octanol–water partition coefficient (Wildman–Crippen LogP) is 2.06. The number of nitrogens with one attached hydrogen (secondary N) is 1. The highest BCUT2D eigenvalue weighted by atomic mass is 32.2. The molecule has 0 spiro atoms. The molecule has 4 rings (SSSR count). The Balaban J connectivity index is 1.30. The van der Waals surface area contributed by atoms with Gasteiger partial charge >= 0.3 is 0 Å². The maximum absolute atomic E-state index is 12.8. The normalized spacial score (nSPS) is 18.2. The summed E-state index contributed by atoms with van der Waals surface area (Å²) in [7, 11) is -3.25. The highest BCUT2D eigenvalue weighted by Crippen LogP contribution is 2.24. The Kier molecular flexibility index (Phi) is 8.79. The van der Waals surface area contributed by atoms with Crippen molar-refractivity contribution < 1.29 is 13.5 Å². The quantitative estimate of drug-likeness (QED) is 0.418. The third kappa shape index (κ3) is 7.70. The van der Waals surface area contributed by atoms with Gasteiger partial charge in [0.1, 0.15) is 6.07 Å². The van der Waals surface area contributed by atoms with E-state index in [1.807, 2.05) is 0 Å². The highest BCUT2D eigenvalue weighted by molar-refractivity contribution is 7.89. The first-order valence-corrected chi connectivity index (χ1v) is 14.7. The first-order chi connectivity index (χ1) is 17.6. The van der Waals surface area contributed by atoms with Crippen molar-refractivity contribution in [1.82, 2.24) is 29.0 Å². The third-order valence-corrected chi connectivity index (χ3v) is 8.83. The molecule has 2 saturated heterocycles. The molecule has 2 aromatic heterocycles. The number of nitrogens with zero attached hydrogens (tertiary/aromatic N) is 7. The molecule has 2 N–H and O–H groups in total. The topological polar surface area (TPSA) is 140 Å². The van der Waals surface area contributed by atoms with Crippen molar-refractivity contribution in [3.8, 4) is 17.3 Å². The first-order valence-electron chi connectivity index (χ1n) is 13.1. The zero-order valence-electron chi connectivity index (χ0n) is 21.8. The van der Waals surface area contributed by atoms with Gasteiger partial charge in [-0.05, 0) is 72.0 Å².